The van der Waals surface area contributed by atoms with Crippen molar-refractivity contribution in [3.05, 3.63) is 33.3 Å². The third kappa shape index (κ3) is 2.94. The van der Waals surface area contributed by atoms with Gasteiger partial charge in [0.05, 0.1) is 12.6 Å². The maximum absolute atomic E-state index is 6.19. The van der Waals surface area contributed by atoms with E-state index in [1.807, 2.05) is 18.2 Å². The van der Waals surface area contributed by atoms with Crippen molar-refractivity contribution in [3.8, 4) is 0 Å². The molecule has 1 unspecified atom stereocenters. The van der Waals surface area contributed by atoms with Crippen LogP contribution in [0.5, 0.6) is 0 Å². The zero-order valence-corrected chi connectivity index (χ0v) is 10.6. The van der Waals surface area contributed by atoms with Crippen molar-refractivity contribution in [3.63, 3.8) is 0 Å². The lowest BCUT2D eigenvalue weighted by molar-refractivity contribution is 0.131. The largest absolute Gasteiger partial charge is 0.379 e. The molecule has 2 nitrogen and oxygen atoms in total. The molecule has 2 rings (SSSR count). The summed E-state index contributed by atoms with van der Waals surface area (Å²) >= 11 is 9.59. The number of nitrogens with one attached hydrogen (secondary N) is 1. The van der Waals surface area contributed by atoms with Crippen LogP contribution in [0.25, 0.3) is 0 Å². The number of hydrogen-bond donors (Lipinski definition) is 1. The molecular weight excluding hydrogens is 277 g/mol. The van der Waals surface area contributed by atoms with Crippen LogP contribution in [0.2, 0.25) is 5.02 Å². The van der Waals surface area contributed by atoms with Crippen molar-refractivity contribution in [2.24, 2.45) is 0 Å². The average molecular weight is 291 g/mol. The van der Waals surface area contributed by atoms with Gasteiger partial charge in [0, 0.05) is 16.1 Å². The summed E-state index contributed by atoms with van der Waals surface area (Å²) in [6.07, 6.45) is 1.06. The lowest BCUT2D eigenvalue weighted by atomic mass is 10.1. The number of rotatable bonds is 1. The summed E-state index contributed by atoms with van der Waals surface area (Å²) in [5.74, 6) is 0. The Morgan fingerprint density at radius 2 is 2.33 bits per heavy atom. The van der Waals surface area contributed by atoms with E-state index >= 15 is 0 Å². The summed E-state index contributed by atoms with van der Waals surface area (Å²) in [7, 11) is 0. The molecule has 1 aliphatic rings. The van der Waals surface area contributed by atoms with Crippen molar-refractivity contribution in [1.29, 1.82) is 0 Å². The van der Waals surface area contributed by atoms with E-state index in [0.717, 1.165) is 34.6 Å². The molecule has 1 saturated heterocycles. The molecule has 0 aromatic heterocycles. The molecule has 1 heterocycles. The van der Waals surface area contributed by atoms with Crippen LogP contribution in [0.4, 0.5) is 0 Å². The molecule has 0 bridgehead atoms. The lowest BCUT2D eigenvalue weighted by Crippen LogP contribution is -2.23. The van der Waals surface area contributed by atoms with Crippen molar-refractivity contribution < 1.29 is 4.74 Å². The molecule has 0 radical (unpaired) electrons. The van der Waals surface area contributed by atoms with Gasteiger partial charge in [-0.25, -0.2) is 0 Å². The van der Waals surface area contributed by atoms with Gasteiger partial charge in [-0.2, -0.15) is 0 Å². The van der Waals surface area contributed by atoms with Gasteiger partial charge in [-0.05, 0) is 30.7 Å². The topological polar surface area (TPSA) is 21.3 Å². The van der Waals surface area contributed by atoms with Crippen LogP contribution in [0.3, 0.4) is 0 Å². The summed E-state index contributed by atoms with van der Waals surface area (Å²) in [6, 6.07) is 6.18. The van der Waals surface area contributed by atoms with E-state index in [1.165, 1.54) is 0 Å². The second-order valence-corrected chi connectivity index (χ2v) is 4.92. The number of ether oxygens (including phenoxy) is 1. The summed E-state index contributed by atoms with van der Waals surface area (Å²) in [4.78, 5) is 0. The Bertz CT molecular complexity index is 337. The molecule has 1 aromatic carbocycles. The Morgan fingerprint density at radius 1 is 1.47 bits per heavy atom. The number of halogens is 2. The monoisotopic (exact) mass is 289 g/mol. The lowest BCUT2D eigenvalue weighted by Gasteiger charge is -2.17. The molecule has 0 amide bonds. The van der Waals surface area contributed by atoms with E-state index in [1.54, 1.807) is 0 Å². The molecule has 0 aliphatic carbocycles. The highest BCUT2D eigenvalue weighted by molar-refractivity contribution is 9.10. The van der Waals surface area contributed by atoms with Gasteiger partial charge in [0.2, 0.25) is 0 Å². The molecule has 15 heavy (non-hydrogen) atoms. The normalized spacial score (nSPS) is 22.4. The number of benzene rings is 1. The molecular formula is C11H13BrClNO. The molecule has 4 heteroatoms. The van der Waals surface area contributed by atoms with E-state index in [4.69, 9.17) is 16.3 Å². The molecule has 1 N–H and O–H groups in total. The van der Waals surface area contributed by atoms with E-state index in [-0.39, 0.29) is 6.04 Å². The van der Waals surface area contributed by atoms with E-state index in [9.17, 15) is 0 Å². The molecule has 1 fully saturated rings. The first-order chi connectivity index (χ1) is 7.27. The molecule has 1 atom stereocenters. The van der Waals surface area contributed by atoms with Crippen molar-refractivity contribution in [1.82, 2.24) is 5.32 Å². The van der Waals surface area contributed by atoms with Gasteiger partial charge >= 0.3 is 0 Å². The maximum atomic E-state index is 6.19. The highest BCUT2D eigenvalue weighted by atomic mass is 79.9. The van der Waals surface area contributed by atoms with Gasteiger partial charge in [-0.3, -0.25) is 0 Å². The minimum Gasteiger partial charge on any atom is -0.379 e. The first-order valence-electron chi connectivity index (χ1n) is 5.03. The quantitative estimate of drug-likeness (QED) is 0.858. The predicted octanol–water partition coefficient (Wildman–Crippen LogP) is 3.15. The molecule has 82 valence electrons. The molecule has 0 saturated carbocycles. The summed E-state index contributed by atoms with van der Waals surface area (Å²) in [5.41, 5.74) is 1.11. The van der Waals surface area contributed by atoms with Crippen LogP contribution >= 0.6 is 27.5 Å². The Hall–Kier alpha value is -0.0900. The SMILES string of the molecule is Clc1cc(Br)ccc1C1COCCCN1. The summed E-state index contributed by atoms with van der Waals surface area (Å²) < 4.78 is 6.52. The van der Waals surface area contributed by atoms with Crippen LogP contribution in [0.1, 0.15) is 18.0 Å². The second kappa shape index (κ2) is 5.30. The first kappa shape index (κ1) is 11.4. The minimum absolute atomic E-state index is 0.216. The fourth-order valence-electron chi connectivity index (χ4n) is 1.69. The minimum atomic E-state index is 0.216. The smallest absolute Gasteiger partial charge is 0.0662 e. The Morgan fingerprint density at radius 3 is 3.13 bits per heavy atom. The van der Waals surface area contributed by atoms with Crippen molar-refractivity contribution in [2.75, 3.05) is 19.8 Å². The Balaban J connectivity index is 2.19. The van der Waals surface area contributed by atoms with Crippen LogP contribution in [-0.2, 0) is 4.74 Å². The molecule has 1 aromatic rings. The second-order valence-electron chi connectivity index (χ2n) is 3.60. The zero-order chi connectivity index (χ0) is 10.7. The van der Waals surface area contributed by atoms with Crippen LogP contribution in [0, 0.1) is 0 Å². The number of hydrogen-bond acceptors (Lipinski definition) is 2. The van der Waals surface area contributed by atoms with Crippen LogP contribution in [-0.4, -0.2) is 19.8 Å². The van der Waals surface area contributed by atoms with Gasteiger partial charge in [-0.15, -0.1) is 0 Å². The van der Waals surface area contributed by atoms with Crippen LogP contribution in [0.15, 0.2) is 22.7 Å². The Labute approximate surface area is 103 Å². The third-order valence-electron chi connectivity index (χ3n) is 2.48. The van der Waals surface area contributed by atoms with Crippen molar-refractivity contribution in [2.45, 2.75) is 12.5 Å². The zero-order valence-electron chi connectivity index (χ0n) is 8.30. The fourth-order valence-corrected chi connectivity index (χ4v) is 2.50. The van der Waals surface area contributed by atoms with E-state index in [2.05, 4.69) is 21.2 Å². The highest BCUT2D eigenvalue weighted by Gasteiger charge is 2.16. The van der Waals surface area contributed by atoms with Gasteiger partial charge in [0.25, 0.3) is 0 Å². The van der Waals surface area contributed by atoms with Gasteiger partial charge in [-0.1, -0.05) is 33.6 Å². The predicted molar refractivity (Wildman–Crippen MR) is 65.3 cm³/mol. The highest BCUT2D eigenvalue weighted by Crippen LogP contribution is 2.27. The molecule has 1 aliphatic heterocycles. The summed E-state index contributed by atoms with van der Waals surface area (Å²) in [5, 5.41) is 4.22. The third-order valence-corrected chi connectivity index (χ3v) is 3.30. The average Bonchev–Trinajstić information content (AvgIpc) is 2.46. The van der Waals surface area contributed by atoms with E-state index < -0.39 is 0 Å². The van der Waals surface area contributed by atoms with Gasteiger partial charge in [0.15, 0.2) is 0 Å². The van der Waals surface area contributed by atoms with Crippen LogP contribution < -0.4 is 5.32 Å². The molecule has 0 spiro atoms. The van der Waals surface area contributed by atoms with Gasteiger partial charge < -0.3 is 10.1 Å². The van der Waals surface area contributed by atoms with E-state index in [0.29, 0.717) is 6.61 Å². The summed E-state index contributed by atoms with van der Waals surface area (Å²) in [6.45, 7) is 2.51. The standard InChI is InChI=1S/C11H13BrClNO/c12-8-2-3-9(10(13)6-8)11-7-15-5-1-4-14-11/h2-3,6,11,14H,1,4-5,7H2. The maximum Gasteiger partial charge on any atom is 0.0662 e. The Kier molecular flexibility index (Phi) is 4.03. The first-order valence-corrected chi connectivity index (χ1v) is 6.20. The fraction of sp³-hybridized carbons (Fsp3) is 0.455. The van der Waals surface area contributed by atoms with Gasteiger partial charge in [0.1, 0.15) is 0 Å². The van der Waals surface area contributed by atoms with Crippen molar-refractivity contribution >= 4 is 27.5 Å².